The van der Waals surface area contributed by atoms with Crippen molar-refractivity contribution in [3.8, 4) is 0 Å². The second-order valence-electron chi connectivity index (χ2n) is 1.62. The third kappa shape index (κ3) is 3.40. The van der Waals surface area contributed by atoms with E-state index in [0.29, 0.717) is 0 Å². The maximum atomic E-state index is 3.95. The Hall–Kier alpha value is -0.790. The highest BCUT2D eigenvalue weighted by Gasteiger charge is 1.67. The number of rotatable bonds is 1. The van der Waals surface area contributed by atoms with Gasteiger partial charge in [0.25, 0.3) is 0 Å². The molecule has 0 bridgehead atoms. The summed E-state index contributed by atoms with van der Waals surface area (Å²) >= 11 is 0. The summed E-state index contributed by atoms with van der Waals surface area (Å²) in [7, 11) is 1.71. The zero-order valence-corrected chi connectivity index (χ0v) is 5.60. The molecule has 0 aromatic rings. The summed E-state index contributed by atoms with van der Waals surface area (Å²) < 4.78 is 0. The molecular formula is C6H11N2-. The first-order chi connectivity index (χ1) is 3.66. The molecule has 0 atom stereocenters. The van der Waals surface area contributed by atoms with Gasteiger partial charge in [-0.2, -0.15) is 0 Å². The Bertz CT molecular complexity index is 114. The van der Waals surface area contributed by atoms with Crippen LogP contribution in [0.25, 0.3) is 5.32 Å². The van der Waals surface area contributed by atoms with Crippen molar-refractivity contribution in [1.29, 1.82) is 0 Å². The van der Waals surface area contributed by atoms with Crippen LogP contribution in [0, 0.1) is 0 Å². The molecule has 46 valence electrons. The summed E-state index contributed by atoms with van der Waals surface area (Å²) in [5, 5.41) is 3.82. The van der Waals surface area contributed by atoms with Crippen LogP contribution in [0.1, 0.15) is 13.8 Å². The lowest BCUT2D eigenvalue weighted by Crippen LogP contribution is -1.84. The lowest BCUT2D eigenvalue weighted by Gasteiger charge is -2.08. The second-order valence-corrected chi connectivity index (χ2v) is 1.62. The van der Waals surface area contributed by atoms with Gasteiger partial charge in [-0.05, 0) is 13.8 Å². The molecule has 0 aliphatic heterocycles. The molecule has 0 radical (unpaired) electrons. The standard InChI is InChI=1S/C6H11N2/c1-5(2)8-6(3)7-4/h1H2,2-4H3/q-1. The lowest BCUT2D eigenvalue weighted by atomic mass is 10.5. The molecule has 0 saturated carbocycles. The van der Waals surface area contributed by atoms with E-state index in [0.717, 1.165) is 11.5 Å². The zero-order valence-electron chi connectivity index (χ0n) is 5.60. The van der Waals surface area contributed by atoms with Crippen LogP contribution in [-0.4, -0.2) is 12.9 Å². The minimum Gasteiger partial charge on any atom is -0.473 e. The van der Waals surface area contributed by atoms with Crippen LogP contribution in [0.5, 0.6) is 0 Å². The fourth-order valence-electron chi connectivity index (χ4n) is 0.326. The van der Waals surface area contributed by atoms with E-state index in [2.05, 4.69) is 16.9 Å². The first kappa shape index (κ1) is 7.21. The summed E-state index contributed by atoms with van der Waals surface area (Å²) in [5.41, 5.74) is 0.799. The van der Waals surface area contributed by atoms with Gasteiger partial charge in [0.2, 0.25) is 0 Å². The van der Waals surface area contributed by atoms with E-state index < -0.39 is 0 Å². The first-order valence-corrected chi connectivity index (χ1v) is 2.47. The van der Waals surface area contributed by atoms with Gasteiger partial charge in [0, 0.05) is 0 Å². The van der Waals surface area contributed by atoms with Gasteiger partial charge in [-0.15, -0.1) is 6.58 Å². The quantitative estimate of drug-likeness (QED) is 0.365. The molecule has 0 aromatic carbocycles. The summed E-state index contributed by atoms with van der Waals surface area (Å²) in [5.74, 6) is 0.775. The second kappa shape index (κ2) is 3.24. The number of aliphatic imine (C=N–C) groups is 1. The van der Waals surface area contributed by atoms with Crippen molar-refractivity contribution in [2.24, 2.45) is 4.99 Å². The molecule has 0 unspecified atom stereocenters. The molecule has 0 aromatic heterocycles. The van der Waals surface area contributed by atoms with Gasteiger partial charge in [0.1, 0.15) is 0 Å². The van der Waals surface area contributed by atoms with Crippen LogP contribution in [0.3, 0.4) is 0 Å². The van der Waals surface area contributed by atoms with Gasteiger partial charge in [0.15, 0.2) is 0 Å². The first-order valence-electron chi connectivity index (χ1n) is 2.47. The van der Waals surface area contributed by atoms with E-state index in [4.69, 9.17) is 0 Å². The number of amidine groups is 1. The van der Waals surface area contributed by atoms with Crippen molar-refractivity contribution < 1.29 is 0 Å². The van der Waals surface area contributed by atoms with Crippen molar-refractivity contribution in [2.75, 3.05) is 7.05 Å². The molecule has 0 aliphatic rings. The zero-order chi connectivity index (χ0) is 6.57. The van der Waals surface area contributed by atoms with E-state index in [-0.39, 0.29) is 0 Å². The SMILES string of the molecule is C=C(C)N=C(C)[N-]C. The maximum absolute atomic E-state index is 3.95. The monoisotopic (exact) mass is 111 g/mol. The maximum Gasteiger partial charge on any atom is -0.0443 e. The van der Waals surface area contributed by atoms with E-state index in [9.17, 15) is 0 Å². The van der Waals surface area contributed by atoms with Gasteiger partial charge in [-0.25, -0.2) is 0 Å². The Labute approximate surface area is 50.3 Å². The Morgan fingerprint density at radius 1 is 1.50 bits per heavy atom. The highest BCUT2D eigenvalue weighted by atomic mass is 15.0. The number of nitrogens with zero attached hydrogens (tertiary/aromatic N) is 2. The minimum atomic E-state index is 0.775. The van der Waals surface area contributed by atoms with Crippen molar-refractivity contribution >= 4 is 5.84 Å². The number of hydrogen-bond donors (Lipinski definition) is 0. The molecule has 2 heteroatoms. The van der Waals surface area contributed by atoms with E-state index in [1.165, 1.54) is 0 Å². The van der Waals surface area contributed by atoms with Crippen molar-refractivity contribution in [3.05, 3.63) is 17.6 Å². The molecule has 0 N–H and O–H groups in total. The fraction of sp³-hybridized carbons (Fsp3) is 0.500. The molecule has 8 heavy (non-hydrogen) atoms. The molecule has 0 spiro atoms. The van der Waals surface area contributed by atoms with E-state index >= 15 is 0 Å². The van der Waals surface area contributed by atoms with E-state index in [1.807, 2.05) is 13.8 Å². The molecule has 0 aliphatic carbocycles. The minimum absolute atomic E-state index is 0.775. The largest absolute Gasteiger partial charge is 0.473 e. The van der Waals surface area contributed by atoms with Gasteiger partial charge in [0.05, 0.1) is 0 Å². The predicted molar refractivity (Wildman–Crippen MR) is 37.2 cm³/mol. The predicted octanol–water partition coefficient (Wildman–Crippen LogP) is 1.94. The van der Waals surface area contributed by atoms with Gasteiger partial charge in [-0.1, -0.05) is 18.6 Å². The number of hydrogen-bond acceptors (Lipinski definition) is 1. The van der Waals surface area contributed by atoms with Crippen LogP contribution in [0.2, 0.25) is 0 Å². The summed E-state index contributed by atoms with van der Waals surface area (Å²) in [6, 6.07) is 0. The average Bonchev–Trinajstić information content (AvgIpc) is 1.65. The average molecular weight is 111 g/mol. The van der Waals surface area contributed by atoms with Crippen LogP contribution >= 0.6 is 0 Å². The summed E-state index contributed by atoms with van der Waals surface area (Å²) in [4.78, 5) is 3.95. The number of allylic oxidation sites excluding steroid dienone is 1. The normalized spacial score (nSPS) is 11.1. The Morgan fingerprint density at radius 3 is 2.12 bits per heavy atom. The molecule has 0 saturated heterocycles. The molecule has 2 nitrogen and oxygen atoms in total. The highest BCUT2D eigenvalue weighted by molar-refractivity contribution is 5.92. The van der Waals surface area contributed by atoms with Gasteiger partial charge < -0.3 is 10.3 Å². The summed E-state index contributed by atoms with van der Waals surface area (Å²) in [6.45, 7) is 7.28. The summed E-state index contributed by atoms with van der Waals surface area (Å²) in [6.07, 6.45) is 0. The van der Waals surface area contributed by atoms with Crippen LogP contribution in [0.15, 0.2) is 17.3 Å². The Kier molecular flexibility index (Phi) is 2.92. The molecule has 0 fully saturated rings. The third-order valence-corrected chi connectivity index (χ3v) is 0.676. The van der Waals surface area contributed by atoms with Crippen molar-refractivity contribution in [1.82, 2.24) is 0 Å². The van der Waals surface area contributed by atoms with Crippen LogP contribution in [-0.2, 0) is 0 Å². The highest BCUT2D eigenvalue weighted by Crippen LogP contribution is 1.92. The lowest BCUT2D eigenvalue weighted by molar-refractivity contribution is 1.31. The molecular weight excluding hydrogens is 100 g/mol. The molecule has 0 amide bonds. The van der Waals surface area contributed by atoms with E-state index in [1.54, 1.807) is 7.05 Å². The third-order valence-electron chi connectivity index (χ3n) is 0.676. The molecule has 0 heterocycles. The Balaban J connectivity index is 3.75. The van der Waals surface area contributed by atoms with Gasteiger partial charge in [-0.3, -0.25) is 0 Å². The van der Waals surface area contributed by atoms with Crippen LogP contribution < -0.4 is 0 Å². The van der Waals surface area contributed by atoms with Crippen molar-refractivity contribution in [2.45, 2.75) is 13.8 Å². The van der Waals surface area contributed by atoms with Gasteiger partial charge >= 0.3 is 0 Å². The fourth-order valence-corrected chi connectivity index (χ4v) is 0.326. The topological polar surface area (TPSA) is 26.5 Å². The smallest absolute Gasteiger partial charge is 0.0443 e. The van der Waals surface area contributed by atoms with Crippen LogP contribution in [0.4, 0.5) is 0 Å². The molecule has 0 rings (SSSR count). The van der Waals surface area contributed by atoms with Crippen molar-refractivity contribution in [3.63, 3.8) is 0 Å². The Morgan fingerprint density at radius 2 is 2.00 bits per heavy atom.